The Bertz CT molecular complexity index is 927. The zero-order valence-corrected chi connectivity index (χ0v) is 15.7. The maximum absolute atomic E-state index is 13.0. The van der Waals surface area contributed by atoms with Gasteiger partial charge in [-0.2, -0.15) is 0 Å². The number of phenols is 1. The number of rotatable bonds is 9. The van der Waals surface area contributed by atoms with Crippen LogP contribution in [0.1, 0.15) is 22.9 Å². The van der Waals surface area contributed by atoms with E-state index in [-0.39, 0.29) is 11.7 Å². The lowest BCUT2D eigenvalue weighted by Gasteiger charge is -2.22. The summed E-state index contributed by atoms with van der Waals surface area (Å²) in [5, 5.41) is 15.3. The summed E-state index contributed by atoms with van der Waals surface area (Å²) in [6.45, 7) is 0.402. The van der Waals surface area contributed by atoms with Gasteiger partial charge in [0, 0.05) is 24.9 Å². The molecule has 3 rings (SSSR count). The van der Waals surface area contributed by atoms with Gasteiger partial charge in [-0.1, -0.05) is 42.5 Å². The number of hydrogen-bond acceptors (Lipinski definition) is 5. The van der Waals surface area contributed by atoms with Gasteiger partial charge in [-0.15, -0.1) is 0 Å². The molecule has 0 spiro atoms. The van der Waals surface area contributed by atoms with E-state index in [4.69, 9.17) is 5.73 Å². The summed E-state index contributed by atoms with van der Waals surface area (Å²) < 4.78 is 0. The Kier molecular flexibility index (Phi) is 6.59. The SMILES string of the molecule is NC(=O)C(NC(=O)C(Cc1cnc[nH]1)NCc1ccc(O)cc1)c1ccccc1. The standard InChI is InChI=1S/C21H23N5O3/c22-20(28)19(15-4-2-1-3-5-15)26-21(29)18(10-16-12-23-13-25-16)24-11-14-6-8-17(27)9-7-14/h1-9,12-13,18-19,24,27H,10-11H2,(H2,22,28)(H,23,25)(H,26,29). The first kappa shape index (κ1) is 20.1. The molecule has 0 aliphatic carbocycles. The molecule has 0 saturated heterocycles. The Morgan fingerprint density at radius 3 is 2.45 bits per heavy atom. The van der Waals surface area contributed by atoms with Crippen molar-refractivity contribution in [3.8, 4) is 5.75 Å². The van der Waals surface area contributed by atoms with Crippen LogP contribution in [0.2, 0.25) is 0 Å². The van der Waals surface area contributed by atoms with Crippen molar-refractivity contribution in [3.05, 3.63) is 83.9 Å². The number of carbonyl (C=O) groups excluding carboxylic acids is 2. The van der Waals surface area contributed by atoms with Gasteiger partial charge in [-0.3, -0.25) is 9.59 Å². The van der Waals surface area contributed by atoms with Crippen molar-refractivity contribution in [1.82, 2.24) is 20.6 Å². The number of nitrogens with two attached hydrogens (primary N) is 1. The quantitative estimate of drug-likeness (QED) is 0.372. The summed E-state index contributed by atoms with van der Waals surface area (Å²) in [5.41, 5.74) is 7.82. The first-order valence-electron chi connectivity index (χ1n) is 9.16. The summed E-state index contributed by atoms with van der Waals surface area (Å²) in [4.78, 5) is 31.9. The number of benzene rings is 2. The van der Waals surface area contributed by atoms with Crippen molar-refractivity contribution >= 4 is 11.8 Å². The highest BCUT2D eigenvalue weighted by molar-refractivity contribution is 5.90. The summed E-state index contributed by atoms with van der Waals surface area (Å²) >= 11 is 0. The maximum atomic E-state index is 13.0. The van der Waals surface area contributed by atoms with Crippen LogP contribution in [0.3, 0.4) is 0 Å². The van der Waals surface area contributed by atoms with E-state index in [1.165, 1.54) is 0 Å². The Morgan fingerprint density at radius 1 is 1.10 bits per heavy atom. The van der Waals surface area contributed by atoms with Crippen LogP contribution < -0.4 is 16.4 Å². The van der Waals surface area contributed by atoms with Gasteiger partial charge in [0.2, 0.25) is 11.8 Å². The molecule has 2 amide bonds. The van der Waals surface area contributed by atoms with Gasteiger partial charge in [-0.25, -0.2) is 4.98 Å². The predicted molar refractivity (Wildman–Crippen MR) is 108 cm³/mol. The van der Waals surface area contributed by atoms with Gasteiger partial charge >= 0.3 is 0 Å². The number of imidazole rings is 1. The molecule has 8 nitrogen and oxygen atoms in total. The first-order chi connectivity index (χ1) is 14.0. The fraction of sp³-hybridized carbons (Fsp3) is 0.190. The van der Waals surface area contributed by atoms with Crippen LogP contribution in [0.4, 0.5) is 0 Å². The molecular weight excluding hydrogens is 370 g/mol. The number of aromatic amines is 1. The van der Waals surface area contributed by atoms with Crippen LogP contribution in [0.5, 0.6) is 5.75 Å². The number of aromatic nitrogens is 2. The molecule has 150 valence electrons. The lowest BCUT2D eigenvalue weighted by Crippen LogP contribution is -2.48. The molecule has 0 fully saturated rings. The number of amides is 2. The number of nitrogens with one attached hydrogen (secondary N) is 3. The second-order valence-electron chi connectivity index (χ2n) is 6.64. The summed E-state index contributed by atoms with van der Waals surface area (Å²) in [5.74, 6) is -0.818. The molecule has 2 unspecified atom stereocenters. The lowest BCUT2D eigenvalue weighted by atomic mass is 10.0. The highest BCUT2D eigenvalue weighted by atomic mass is 16.3. The van der Waals surface area contributed by atoms with E-state index in [0.29, 0.717) is 18.5 Å². The van der Waals surface area contributed by atoms with Crippen LogP contribution in [0.25, 0.3) is 0 Å². The summed E-state index contributed by atoms with van der Waals surface area (Å²) in [6.07, 6.45) is 3.54. The van der Waals surface area contributed by atoms with Gasteiger partial charge < -0.3 is 26.5 Å². The molecule has 0 aliphatic rings. The third-order valence-electron chi connectivity index (χ3n) is 4.49. The topological polar surface area (TPSA) is 133 Å². The Morgan fingerprint density at radius 2 is 1.83 bits per heavy atom. The summed E-state index contributed by atoms with van der Waals surface area (Å²) in [6, 6.07) is 14.0. The minimum Gasteiger partial charge on any atom is -0.508 e. The lowest BCUT2D eigenvalue weighted by molar-refractivity contribution is -0.128. The maximum Gasteiger partial charge on any atom is 0.244 e. The molecule has 2 aromatic carbocycles. The van der Waals surface area contributed by atoms with E-state index in [1.807, 2.05) is 6.07 Å². The monoisotopic (exact) mass is 393 g/mol. The molecule has 1 heterocycles. The molecule has 6 N–H and O–H groups in total. The van der Waals surface area contributed by atoms with Gasteiger partial charge in [0.15, 0.2) is 0 Å². The van der Waals surface area contributed by atoms with Gasteiger partial charge in [0.1, 0.15) is 11.8 Å². The van der Waals surface area contributed by atoms with Crippen LogP contribution >= 0.6 is 0 Å². The highest BCUT2D eigenvalue weighted by Crippen LogP contribution is 2.13. The largest absolute Gasteiger partial charge is 0.508 e. The van der Waals surface area contributed by atoms with Crippen LogP contribution in [-0.2, 0) is 22.6 Å². The molecule has 0 radical (unpaired) electrons. The van der Waals surface area contributed by atoms with Crippen molar-refractivity contribution in [3.63, 3.8) is 0 Å². The van der Waals surface area contributed by atoms with E-state index in [2.05, 4.69) is 20.6 Å². The second kappa shape index (κ2) is 9.52. The highest BCUT2D eigenvalue weighted by Gasteiger charge is 2.25. The predicted octanol–water partition coefficient (Wildman–Crippen LogP) is 1.16. The third kappa shape index (κ3) is 5.66. The fourth-order valence-corrected chi connectivity index (χ4v) is 2.94. The smallest absolute Gasteiger partial charge is 0.244 e. The van der Waals surface area contributed by atoms with Crippen LogP contribution in [0.15, 0.2) is 67.1 Å². The number of primary amides is 1. The Balaban J connectivity index is 1.73. The zero-order chi connectivity index (χ0) is 20.6. The van der Waals surface area contributed by atoms with Gasteiger partial charge in [-0.05, 0) is 23.3 Å². The van der Waals surface area contributed by atoms with Crippen LogP contribution in [-0.4, -0.2) is 32.9 Å². The molecule has 0 saturated carbocycles. The molecule has 2 atom stereocenters. The van der Waals surface area contributed by atoms with Crippen molar-refractivity contribution in [2.45, 2.75) is 25.0 Å². The third-order valence-corrected chi connectivity index (χ3v) is 4.49. The van der Waals surface area contributed by atoms with Gasteiger partial charge in [0.05, 0.1) is 12.4 Å². The molecular formula is C21H23N5O3. The molecule has 8 heteroatoms. The zero-order valence-electron chi connectivity index (χ0n) is 15.7. The van der Waals surface area contributed by atoms with Crippen molar-refractivity contribution in [2.24, 2.45) is 5.73 Å². The van der Waals surface area contributed by atoms with E-state index < -0.39 is 18.0 Å². The Labute approximate surface area is 168 Å². The number of carbonyl (C=O) groups is 2. The number of phenolic OH excluding ortho intramolecular Hbond substituents is 1. The number of aromatic hydroxyl groups is 1. The number of nitrogens with zero attached hydrogens (tertiary/aromatic N) is 1. The molecule has 0 aliphatic heterocycles. The normalized spacial score (nSPS) is 12.8. The number of H-pyrrole nitrogens is 1. The molecule has 1 aromatic heterocycles. The van der Waals surface area contributed by atoms with E-state index in [9.17, 15) is 14.7 Å². The van der Waals surface area contributed by atoms with Crippen molar-refractivity contribution in [2.75, 3.05) is 0 Å². The van der Waals surface area contributed by atoms with Crippen molar-refractivity contribution in [1.29, 1.82) is 0 Å². The van der Waals surface area contributed by atoms with E-state index >= 15 is 0 Å². The van der Waals surface area contributed by atoms with E-state index in [1.54, 1.807) is 61.1 Å². The molecule has 0 bridgehead atoms. The van der Waals surface area contributed by atoms with Gasteiger partial charge in [0.25, 0.3) is 0 Å². The summed E-state index contributed by atoms with van der Waals surface area (Å²) in [7, 11) is 0. The average Bonchev–Trinajstić information content (AvgIpc) is 3.24. The minimum absolute atomic E-state index is 0.174. The Hall–Kier alpha value is -3.65. The molecule has 3 aromatic rings. The number of hydrogen-bond donors (Lipinski definition) is 5. The fourth-order valence-electron chi connectivity index (χ4n) is 2.94. The first-order valence-corrected chi connectivity index (χ1v) is 9.16. The van der Waals surface area contributed by atoms with E-state index in [0.717, 1.165) is 11.3 Å². The molecule has 29 heavy (non-hydrogen) atoms. The average molecular weight is 393 g/mol. The second-order valence-corrected chi connectivity index (χ2v) is 6.64. The van der Waals surface area contributed by atoms with Crippen molar-refractivity contribution < 1.29 is 14.7 Å². The van der Waals surface area contributed by atoms with Crippen LogP contribution in [0, 0.1) is 0 Å². The minimum atomic E-state index is -0.927.